The zero-order valence-electron chi connectivity index (χ0n) is 33.7. The van der Waals surface area contributed by atoms with Gasteiger partial charge in [0.1, 0.15) is 23.0 Å². The van der Waals surface area contributed by atoms with Gasteiger partial charge in [-0.3, -0.25) is 0 Å². The van der Waals surface area contributed by atoms with Gasteiger partial charge in [0, 0.05) is 96.5 Å². The summed E-state index contributed by atoms with van der Waals surface area (Å²) in [4.78, 5) is 44.6. The van der Waals surface area contributed by atoms with Crippen molar-refractivity contribution in [3.63, 3.8) is 0 Å². The van der Waals surface area contributed by atoms with Crippen LogP contribution in [-0.2, 0) is 19.5 Å². The van der Waals surface area contributed by atoms with Crippen LogP contribution >= 0.6 is 0 Å². The molecular formula is C48H34N10O2Zn. The van der Waals surface area contributed by atoms with Gasteiger partial charge in [-0.05, 0) is 82.2 Å². The Labute approximate surface area is 362 Å². The minimum atomic E-state index is 0. The molecule has 3 aromatic heterocycles. The second kappa shape index (κ2) is 15.0. The Balaban J connectivity index is 0.00000445. The Bertz CT molecular complexity index is 3380. The maximum absolute atomic E-state index is 6.42. The van der Waals surface area contributed by atoms with E-state index in [9.17, 15) is 0 Å². The molecule has 61 heavy (non-hydrogen) atoms. The summed E-state index contributed by atoms with van der Waals surface area (Å²) < 4.78 is 12.8. The molecule has 0 atom stereocenters. The van der Waals surface area contributed by atoms with Crippen molar-refractivity contribution in [3.8, 4) is 68.5 Å². The molecule has 290 valence electrons. The van der Waals surface area contributed by atoms with E-state index in [-0.39, 0.29) is 19.5 Å². The number of nitrogens with zero attached hydrogens (tertiary/aromatic N) is 10. The first-order valence-electron chi connectivity index (χ1n) is 19.4. The van der Waals surface area contributed by atoms with Crippen molar-refractivity contribution in [2.24, 2.45) is 0 Å². The number of benzene rings is 6. The van der Waals surface area contributed by atoms with Gasteiger partial charge < -0.3 is 49.2 Å². The van der Waals surface area contributed by atoms with Gasteiger partial charge in [-0.1, -0.05) is 60.7 Å². The first-order valence-corrected chi connectivity index (χ1v) is 19.4. The Hall–Kier alpha value is -7.50. The quantitative estimate of drug-likeness (QED) is 0.148. The summed E-state index contributed by atoms with van der Waals surface area (Å²) >= 11 is 0. The topological polar surface area (TPSA) is 130 Å². The fourth-order valence-corrected chi connectivity index (χ4v) is 7.57. The molecule has 13 heteroatoms. The minimum absolute atomic E-state index is 0. The van der Waals surface area contributed by atoms with Gasteiger partial charge in [-0.15, -0.1) is 0 Å². The molecule has 6 aromatic carbocycles. The number of hydrogen-bond donors (Lipinski definition) is 0. The van der Waals surface area contributed by atoms with Crippen LogP contribution in [0, 0.1) is 0 Å². The van der Waals surface area contributed by atoms with Crippen molar-refractivity contribution in [2.45, 2.75) is 0 Å². The van der Waals surface area contributed by atoms with Crippen LogP contribution in [0.25, 0.3) is 89.7 Å². The average Bonchev–Trinajstić information content (AvgIpc) is 3.99. The Morgan fingerprint density at radius 3 is 1.30 bits per heavy atom. The van der Waals surface area contributed by atoms with Crippen LogP contribution in [0.15, 0.2) is 133 Å². The normalized spacial score (nSPS) is 11.5. The molecule has 0 N–H and O–H groups in total. The van der Waals surface area contributed by atoms with Crippen molar-refractivity contribution in [3.05, 3.63) is 133 Å². The number of aromatic nitrogens is 8. The molecule has 0 saturated carbocycles. The molecule has 0 fully saturated rings. The monoisotopic (exact) mass is 846 g/mol. The van der Waals surface area contributed by atoms with Crippen LogP contribution in [0.4, 0.5) is 11.4 Å². The van der Waals surface area contributed by atoms with E-state index in [1.54, 1.807) is 0 Å². The van der Waals surface area contributed by atoms with E-state index in [2.05, 4.69) is 0 Å². The Morgan fingerprint density at radius 1 is 0.361 bits per heavy atom. The van der Waals surface area contributed by atoms with E-state index in [4.69, 9.17) is 49.3 Å². The maximum atomic E-state index is 6.42. The number of fused-ring (bicyclic) bond motifs is 20. The summed E-state index contributed by atoms with van der Waals surface area (Å²) in [5.41, 5.74) is 7.11. The summed E-state index contributed by atoms with van der Waals surface area (Å²) in [5, 5.41) is 3.20. The van der Waals surface area contributed by atoms with Crippen molar-refractivity contribution in [1.29, 1.82) is 0 Å². The molecule has 0 saturated heterocycles. The van der Waals surface area contributed by atoms with Crippen LogP contribution in [-0.4, -0.2) is 58.1 Å². The Morgan fingerprint density at radius 2 is 0.770 bits per heavy atom. The van der Waals surface area contributed by atoms with Crippen molar-refractivity contribution in [1.82, 2.24) is 39.9 Å². The molecule has 2 aliphatic rings. The third-order valence-corrected chi connectivity index (χ3v) is 10.6. The predicted octanol–water partition coefficient (Wildman–Crippen LogP) is 9.84. The van der Waals surface area contributed by atoms with Crippen LogP contribution in [0.5, 0.6) is 23.0 Å². The molecule has 2 aliphatic heterocycles. The largest absolute Gasteiger partial charge is 2.00 e. The standard InChI is InChI=1S/C48H34N10O2.Zn/c1-57(2)27-11-9-13-29(23-27)59-31-19-21-37-39(25-31)48-54-45(37)52-43-34-16-6-5-15-33(34)41(50-43)49-42-35-17-7-8-18-36(35)44(51-42)53-47-40-26-32(20-22-38(40)46(55-47)56-48)60-30-14-10-12-28(24-30)58(3)4;/h5-26H,1-4H3;/q-2;+2. The van der Waals surface area contributed by atoms with Crippen LogP contribution in [0.3, 0.4) is 0 Å². The van der Waals surface area contributed by atoms with Gasteiger partial charge >= 0.3 is 19.5 Å². The summed E-state index contributed by atoms with van der Waals surface area (Å²) in [6, 6.07) is 43.4. The predicted molar refractivity (Wildman–Crippen MR) is 236 cm³/mol. The van der Waals surface area contributed by atoms with Gasteiger partial charge in [0.05, 0.1) is 23.3 Å². The van der Waals surface area contributed by atoms with Crippen molar-refractivity contribution >= 4 is 55.5 Å². The van der Waals surface area contributed by atoms with Gasteiger partial charge in [0.15, 0.2) is 0 Å². The van der Waals surface area contributed by atoms with E-state index in [0.29, 0.717) is 68.9 Å². The minimum Gasteiger partial charge on any atom is -0.457 e. The first-order chi connectivity index (χ1) is 29.3. The zero-order valence-corrected chi connectivity index (χ0v) is 36.7. The van der Waals surface area contributed by atoms with Crippen LogP contribution in [0.2, 0.25) is 0 Å². The molecule has 0 aliphatic carbocycles. The second-order valence-corrected chi connectivity index (χ2v) is 15.0. The summed E-state index contributed by atoms with van der Waals surface area (Å²) in [6.07, 6.45) is 0. The second-order valence-electron chi connectivity index (χ2n) is 15.0. The smallest absolute Gasteiger partial charge is 0.457 e. The molecule has 5 heterocycles. The van der Waals surface area contributed by atoms with E-state index >= 15 is 0 Å². The van der Waals surface area contributed by atoms with E-state index < -0.39 is 0 Å². The molecule has 8 bridgehead atoms. The maximum Gasteiger partial charge on any atom is 2.00 e. The van der Waals surface area contributed by atoms with Gasteiger partial charge in [-0.25, -0.2) is 9.97 Å². The van der Waals surface area contributed by atoms with Crippen LogP contribution in [0.1, 0.15) is 0 Å². The van der Waals surface area contributed by atoms with Gasteiger partial charge in [0.25, 0.3) is 0 Å². The van der Waals surface area contributed by atoms with Gasteiger partial charge in [-0.2, -0.15) is 0 Å². The van der Waals surface area contributed by atoms with Crippen molar-refractivity contribution < 1.29 is 29.0 Å². The number of ether oxygens (including phenoxy) is 2. The number of rotatable bonds is 6. The number of hydrogen-bond acceptors (Lipinski definition) is 10. The number of anilines is 2. The molecule has 0 amide bonds. The molecule has 0 spiro atoms. The average molecular weight is 848 g/mol. The van der Waals surface area contributed by atoms with E-state index in [1.807, 2.05) is 171 Å². The molecule has 0 radical (unpaired) electrons. The molecule has 12 nitrogen and oxygen atoms in total. The molecule has 9 aromatic rings. The SMILES string of the molecule is CN(C)c1cccc(Oc2ccc3c(c2)-c2nc-3nc3[n-]c(nc4nc(nc5[n-]c(n2)c2ccc(Oc6cccc(N(C)C)c6)cc52)-c2ccccc2-4)c2ccccc32)c1.[Zn+2]. The van der Waals surface area contributed by atoms with Gasteiger partial charge in [0.2, 0.25) is 0 Å². The molecular weight excluding hydrogens is 814 g/mol. The third-order valence-electron chi connectivity index (χ3n) is 10.6. The first kappa shape index (κ1) is 37.8. The van der Waals surface area contributed by atoms with Crippen molar-refractivity contribution in [2.75, 3.05) is 38.0 Å². The summed E-state index contributed by atoms with van der Waals surface area (Å²) in [6.45, 7) is 0. The Kier molecular flexibility index (Phi) is 9.26. The summed E-state index contributed by atoms with van der Waals surface area (Å²) in [5.74, 6) is 4.52. The zero-order chi connectivity index (χ0) is 40.5. The van der Waals surface area contributed by atoms with Crippen LogP contribution < -0.4 is 29.2 Å². The van der Waals surface area contributed by atoms with E-state index in [0.717, 1.165) is 55.2 Å². The van der Waals surface area contributed by atoms with E-state index in [1.165, 1.54) is 0 Å². The fourth-order valence-electron chi connectivity index (χ4n) is 7.57. The fraction of sp³-hybridized carbons (Fsp3) is 0.0833. The molecule has 0 unspecified atom stereocenters. The summed E-state index contributed by atoms with van der Waals surface area (Å²) in [7, 11) is 8.00. The third kappa shape index (κ3) is 6.78. The molecule has 11 rings (SSSR count).